The van der Waals surface area contributed by atoms with Crippen molar-refractivity contribution in [2.45, 2.75) is 63.9 Å². The molecule has 0 amide bonds. The second-order valence-corrected chi connectivity index (χ2v) is 10.3. The van der Waals surface area contributed by atoms with Gasteiger partial charge in [-0.05, 0) is 70.8 Å². The van der Waals surface area contributed by atoms with Crippen LogP contribution in [0.4, 0.5) is 0 Å². The van der Waals surface area contributed by atoms with Crippen molar-refractivity contribution in [3.8, 4) is 0 Å². The third-order valence-corrected chi connectivity index (χ3v) is 7.79. The summed E-state index contributed by atoms with van der Waals surface area (Å²) in [4.78, 5) is 2.88. The maximum absolute atomic E-state index is 13.4. The molecule has 2 aromatic rings. The number of piperidine rings is 1. The van der Waals surface area contributed by atoms with Crippen LogP contribution >= 0.6 is 0 Å². The van der Waals surface area contributed by atoms with Gasteiger partial charge in [0.25, 0.3) is 0 Å². The van der Waals surface area contributed by atoms with Gasteiger partial charge < -0.3 is 4.90 Å². The van der Waals surface area contributed by atoms with Crippen LogP contribution in [0.5, 0.6) is 0 Å². The molecule has 0 aromatic heterocycles. The quantitative estimate of drug-likeness (QED) is 0.625. The molecule has 1 atom stereocenters. The van der Waals surface area contributed by atoms with Gasteiger partial charge in [-0.2, -0.15) is 4.31 Å². The summed E-state index contributed by atoms with van der Waals surface area (Å²) in [5.74, 6) is 0. The fourth-order valence-corrected chi connectivity index (χ4v) is 5.45. The van der Waals surface area contributed by atoms with Crippen LogP contribution in [-0.4, -0.2) is 43.3 Å². The van der Waals surface area contributed by atoms with Gasteiger partial charge >= 0.3 is 0 Å². The molecule has 1 aliphatic rings. The van der Waals surface area contributed by atoms with Crippen molar-refractivity contribution in [1.29, 1.82) is 0 Å². The molecule has 5 heteroatoms. The SMILES string of the molecule is Cc1ccc(CN(CCCN2CCCCC2C)S(=O)(=O)c2ccc(C)cc2)cc1. The van der Waals surface area contributed by atoms with E-state index in [1.807, 2.05) is 50.2 Å². The maximum Gasteiger partial charge on any atom is 0.243 e. The number of benzene rings is 2. The summed E-state index contributed by atoms with van der Waals surface area (Å²) >= 11 is 0. The monoisotopic (exact) mass is 414 g/mol. The van der Waals surface area contributed by atoms with E-state index in [0.29, 0.717) is 24.0 Å². The molecule has 0 radical (unpaired) electrons. The highest BCUT2D eigenvalue weighted by molar-refractivity contribution is 7.89. The molecule has 0 spiro atoms. The first kappa shape index (κ1) is 22.0. The van der Waals surface area contributed by atoms with E-state index in [1.54, 1.807) is 16.4 Å². The molecular weight excluding hydrogens is 380 g/mol. The molecule has 29 heavy (non-hydrogen) atoms. The number of rotatable bonds is 8. The Kier molecular flexibility index (Phi) is 7.49. The van der Waals surface area contributed by atoms with Gasteiger partial charge in [-0.1, -0.05) is 53.9 Å². The highest BCUT2D eigenvalue weighted by Crippen LogP contribution is 2.21. The molecule has 1 unspecified atom stereocenters. The third kappa shape index (κ3) is 5.91. The molecule has 158 valence electrons. The zero-order valence-corrected chi connectivity index (χ0v) is 18.8. The van der Waals surface area contributed by atoms with Crippen molar-refractivity contribution in [1.82, 2.24) is 9.21 Å². The molecule has 3 rings (SSSR count). The van der Waals surface area contributed by atoms with E-state index >= 15 is 0 Å². The number of aryl methyl sites for hydroxylation is 2. The summed E-state index contributed by atoms with van der Waals surface area (Å²) in [5, 5.41) is 0. The van der Waals surface area contributed by atoms with Crippen LogP contribution in [-0.2, 0) is 16.6 Å². The largest absolute Gasteiger partial charge is 0.301 e. The lowest BCUT2D eigenvalue weighted by molar-refractivity contribution is 0.155. The molecule has 1 saturated heterocycles. The molecule has 1 aliphatic heterocycles. The van der Waals surface area contributed by atoms with Crippen molar-refractivity contribution in [3.05, 3.63) is 65.2 Å². The second kappa shape index (κ2) is 9.88. The van der Waals surface area contributed by atoms with E-state index in [1.165, 1.54) is 24.8 Å². The molecule has 1 heterocycles. The number of hydrogen-bond acceptors (Lipinski definition) is 3. The van der Waals surface area contributed by atoms with Gasteiger partial charge in [0, 0.05) is 19.1 Å². The summed E-state index contributed by atoms with van der Waals surface area (Å²) in [6, 6.07) is 15.9. The lowest BCUT2D eigenvalue weighted by Gasteiger charge is -2.34. The van der Waals surface area contributed by atoms with Gasteiger partial charge in [0.1, 0.15) is 0 Å². The fourth-order valence-electron chi connectivity index (χ4n) is 3.98. The summed E-state index contributed by atoms with van der Waals surface area (Å²) in [6.07, 6.45) is 4.65. The molecule has 0 bridgehead atoms. The summed E-state index contributed by atoms with van der Waals surface area (Å²) in [6.45, 7) is 9.33. The van der Waals surface area contributed by atoms with Crippen LogP contribution in [0.2, 0.25) is 0 Å². The molecule has 4 nitrogen and oxygen atoms in total. The van der Waals surface area contributed by atoms with E-state index < -0.39 is 10.0 Å². The third-order valence-electron chi connectivity index (χ3n) is 5.93. The van der Waals surface area contributed by atoms with Crippen LogP contribution in [0.15, 0.2) is 53.4 Å². The molecule has 0 N–H and O–H groups in total. The Morgan fingerprint density at radius 1 is 0.966 bits per heavy atom. The predicted molar refractivity (Wildman–Crippen MR) is 119 cm³/mol. The fraction of sp³-hybridized carbons (Fsp3) is 0.500. The molecule has 0 aliphatic carbocycles. The zero-order chi connectivity index (χ0) is 20.9. The Hall–Kier alpha value is -1.69. The Morgan fingerprint density at radius 2 is 1.59 bits per heavy atom. The summed E-state index contributed by atoms with van der Waals surface area (Å²) < 4.78 is 28.4. The van der Waals surface area contributed by atoms with E-state index in [9.17, 15) is 8.42 Å². The average molecular weight is 415 g/mol. The van der Waals surface area contributed by atoms with Gasteiger partial charge in [0.15, 0.2) is 0 Å². The smallest absolute Gasteiger partial charge is 0.243 e. The lowest BCUT2D eigenvalue weighted by atomic mass is 10.0. The number of nitrogens with zero attached hydrogens (tertiary/aromatic N) is 2. The van der Waals surface area contributed by atoms with Crippen molar-refractivity contribution < 1.29 is 8.42 Å². The number of hydrogen-bond donors (Lipinski definition) is 0. The first-order chi connectivity index (χ1) is 13.9. The summed E-state index contributed by atoms with van der Waals surface area (Å²) in [5.41, 5.74) is 3.27. The first-order valence-corrected chi connectivity index (χ1v) is 12.2. The highest BCUT2D eigenvalue weighted by atomic mass is 32.2. The van der Waals surface area contributed by atoms with Crippen LogP contribution in [0.25, 0.3) is 0 Å². The van der Waals surface area contributed by atoms with E-state index in [0.717, 1.165) is 30.6 Å². The Balaban J connectivity index is 1.75. The van der Waals surface area contributed by atoms with Gasteiger partial charge in [-0.25, -0.2) is 8.42 Å². The van der Waals surface area contributed by atoms with E-state index in [-0.39, 0.29) is 0 Å². The highest BCUT2D eigenvalue weighted by Gasteiger charge is 2.25. The van der Waals surface area contributed by atoms with Crippen molar-refractivity contribution in [2.75, 3.05) is 19.6 Å². The van der Waals surface area contributed by atoms with Gasteiger partial charge in [0.2, 0.25) is 10.0 Å². The van der Waals surface area contributed by atoms with E-state index in [4.69, 9.17) is 0 Å². The molecule has 1 fully saturated rings. The van der Waals surface area contributed by atoms with Crippen LogP contribution in [0.3, 0.4) is 0 Å². The standard InChI is InChI=1S/C24H34N2O2S/c1-20-8-12-23(13-9-20)19-26(18-6-17-25-16-5-4-7-22(25)3)29(27,28)24-14-10-21(2)11-15-24/h8-15,22H,4-7,16-19H2,1-3H3. The Labute approximate surface area is 176 Å². The summed E-state index contributed by atoms with van der Waals surface area (Å²) in [7, 11) is -3.53. The minimum absolute atomic E-state index is 0.376. The van der Waals surface area contributed by atoms with Gasteiger partial charge in [-0.15, -0.1) is 0 Å². The van der Waals surface area contributed by atoms with Crippen LogP contribution in [0, 0.1) is 13.8 Å². The van der Waals surface area contributed by atoms with E-state index in [2.05, 4.69) is 11.8 Å². The minimum Gasteiger partial charge on any atom is -0.301 e. The Bertz CT molecular complexity index is 876. The second-order valence-electron chi connectivity index (χ2n) is 8.37. The van der Waals surface area contributed by atoms with Gasteiger partial charge in [-0.3, -0.25) is 0 Å². The van der Waals surface area contributed by atoms with Crippen molar-refractivity contribution in [3.63, 3.8) is 0 Å². The minimum atomic E-state index is -3.53. The lowest BCUT2D eigenvalue weighted by Crippen LogP contribution is -2.40. The van der Waals surface area contributed by atoms with Crippen LogP contribution in [0.1, 0.15) is 49.3 Å². The predicted octanol–water partition coefficient (Wildman–Crippen LogP) is 4.76. The average Bonchev–Trinajstić information content (AvgIpc) is 2.70. The normalized spacial score (nSPS) is 18.3. The van der Waals surface area contributed by atoms with Crippen molar-refractivity contribution >= 4 is 10.0 Å². The van der Waals surface area contributed by atoms with Crippen molar-refractivity contribution in [2.24, 2.45) is 0 Å². The molecule has 0 saturated carbocycles. The first-order valence-electron chi connectivity index (χ1n) is 10.7. The topological polar surface area (TPSA) is 40.6 Å². The van der Waals surface area contributed by atoms with Gasteiger partial charge in [0.05, 0.1) is 4.90 Å². The molecular formula is C24H34N2O2S. The molecule has 2 aromatic carbocycles. The number of sulfonamides is 1. The Morgan fingerprint density at radius 3 is 2.21 bits per heavy atom. The maximum atomic E-state index is 13.4. The zero-order valence-electron chi connectivity index (χ0n) is 18.0. The number of likely N-dealkylation sites (tertiary alicyclic amines) is 1. The van der Waals surface area contributed by atoms with Crippen LogP contribution < -0.4 is 0 Å².